The number of halogens is 1. The number of guanidine groups is 1. The van der Waals surface area contributed by atoms with Gasteiger partial charge in [-0.25, -0.2) is 0 Å². The topological polar surface area (TPSA) is 52.1 Å². The highest BCUT2D eigenvalue weighted by molar-refractivity contribution is 14.0. The minimum Gasteiger partial charge on any atom is -0.497 e. The number of hydrogen-bond donors (Lipinski definition) is 2. The van der Waals surface area contributed by atoms with Crippen LogP contribution in [0.2, 0.25) is 0 Å². The number of piperidine rings is 1. The number of likely N-dealkylation sites (N-methyl/N-ethyl adjacent to an activating group) is 1. The summed E-state index contributed by atoms with van der Waals surface area (Å²) in [6.45, 7) is 6.61. The Balaban J connectivity index is 0.00000392. The Morgan fingerprint density at radius 2 is 1.89 bits per heavy atom. The summed E-state index contributed by atoms with van der Waals surface area (Å²) in [4.78, 5) is 9.22. The summed E-state index contributed by atoms with van der Waals surface area (Å²) in [5.41, 5.74) is 1.26. The van der Waals surface area contributed by atoms with Gasteiger partial charge in [0.2, 0.25) is 0 Å². The normalized spacial score (nSPS) is 17.1. The molecule has 1 aliphatic heterocycles. The minimum atomic E-state index is 0. The average molecular weight is 503 g/mol. The van der Waals surface area contributed by atoms with Crippen molar-refractivity contribution in [1.29, 1.82) is 0 Å². The van der Waals surface area contributed by atoms with Crippen LogP contribution in [0.3, 0.4) is 0 Å². The lowest BCUT2D eigenvalue weighted by atomic mass is 10.0. The van der Waals surface area contributed by atoms with E-state index in [4.69, 9.17) is 4.74 Å². The summed E-state index contributed by atoms with van der Waals surface area (Å²) in [5.74, 6) is 1.78. The van der Waals surface area contributed by atoms with Gasteiger partial charge < -0.3 is 25.2 Å². The highest BCUT2D eigenvalue weighted by Crippen LogP contribution is 2.20. The Hall–Kier alpha value is -1.06. The summed E-state index contributed by atoms with van der Waals surface area (Å²) in [5, 5.41) is 7.12. The molecular weight excluding hydrogens is 465 g/mol. The van der Waals surface area contributed by atoms with Gasteiger partial charge in [-0.15, -0.1) is 24.0 Å². The molecule has 0 aromatic heterocycles. The van der Waals surface area contributed by atoms with Crippen LogP contribution in [0.15, 0.2) is 29.3 Å². The Morgan fingerprint density at radius 3 is 2.39 bits per heavy atom. The Kier molecular flexibility index (Phi) is 11.8. The SMILES string of the molecule is CCCN1CCC(NC(=NC)NCC(c2ccc(OC)cc2)N(C)C)CC1.I. The van der Waals surface area contributed by atoms with Crippen molar-refractivity contribution >= 4 is 29.9 Å². The van der Waals surface area contributed by atoms with E-state index in [0.29, 0.717) is 6.04 Å². The van der Waals surface area contributed by atoms with Crippen molar-refractivity contribution in [1.82, 2.24) is 20.4 Å². The second-order valence-corrected chi connectivity index (χ2v) is 7.47. The number of aliphatic imine (C=N–C) groups is 1. The molecule has 1 atom stereocenters. The number of likely N-dealkylation sites (tertiary alicyclic amines) is 1. The van der Waals surface area contributed by atoms with Gasteiger partial charge in [0.25, 0.3) is 0 Å². The Bertz CT molecular complexity index is 571. The first-order valence-electron chi connectivity index (χ1n) is 10.1. The van der Waals surface area contributed by atoms with Gasteiger partial charge >= 0.3 is 0 Å². The first-order chi connectivity index (χ1) is 13.1. The summed E-state index contributed by atoms with van der Waals surface area (Å²) >= 11 is 0. The Labute approximate surface area is 188 Å². The van der Waals surface area contributed by atoms with E-state index in [1.807, 2.05) is 19.2 Å². The van der Waals surface area contributed by atoms with Crippen LogP contribution in [0.25, 0.3) is 0 Å². The molecule has 1 heterocycles. The van der Waals surface area contributed by atoms with Gasteiger partial charge in [-0.3, -0.25) is 4.99 Å². The van der Waals surface area contributed by atoms with Crippen molar-refractivity contribution in [2.45, 2.75) is 38.3 Å². The molecule has 1 unspecified atom stereocenters. The Morgan fingerprint density at radius 1 is 1.25 bits per heavy atom. The number of ether oxygens (including phenoxy) is 1. The predicted molar refractivity (Wildman–Crippen MR) is 129 cm³/mol. The molecule has 28 heavy (non-hydrogen) atoms. The molecule has 0 aliphatic carbocycles. The number of benzene rings is 1. The largest absolute Gasteiger partial charge is 0.497 e. The third kappa shape index (κ3) is 7.75. The maximum absolute atomic E-state index is 5.27. The fraction of sp³-hybridized carbons (Fsp3) is 0.667. The molecule has 2 rings (SSSR count). The third-order valence-electron chi connectivity index (χ3n) is 5.28. The van der Waals surface area contributed by atoms with E-state index >= 15 is 0 Å². The molecular formula is C21H38IN5O. The summed E-state index contributed by atoms with van der Waals surface area (Å²) in [7, 11) is 7.76. The smallest absolute Gasteiger partial charge is 0.191 e. The van der Waals surface area contributed by atoms with Gasteiger partial charge in [-0.05, 0) is 57.6 Å². The lowest BCUT2D eigenvalue weighted by molar-refractivity contribution is 0.206. The number of methoxy groups -OCH3 is 1. The maximum Gasteiger partial charge on any atom is 0.191 e. The number of rotatable bonds is 8. The van der Waals surface area contributed by atoms with Crippen molar-refractivity contribution < 1.29 is 4.74 Å². The first-order valence-corrected chi connectivity index (χ1v) is 10.1. The number of nitrogens with zero attached hydrogens (tertiary/aromatic N) is 3. The lowest BCUT2D eigenvalue weighted by Crippen LogP contribution is -2.49. The third-order valence-corrected chi connectivity index (χ3v) is 5.28. The molecule has 6 nitrogen and oxygen atoms in total. The summed E-state index contributed by atoms with van der Waals surface area (Å²) in [6, 6.07) is 9.06. The number of nitrogens with one attached hydrogen (secondary N) is 2. The van der Waals surface area contributed by atoms with E-state index in [1.54, 1.807) is 7.11 Å². The maximum atomic E-state index is 5.27. The molecule has 0 amide bonds. The standard InChI is InChI=1S/C21H37N5O.HI/c1-6-13-26-14-11-18(12-15-26)24-21(22-2)23-16-20(25(3)4)17-7-9-19(27-5)10-8-17;/h7-10,18,20H,6,11-16H2,1-5H3,(H2,22,23,24);1H. The van der Waals surface area contributed by atoms with Crippen molar-refractivity contribution in [3.05, 3.63) is 29.8 Å². The number of hydrogen-bond acceptors (Lipinski definition) is 4. The van der Waals surface area contributed by atoms with E-state index in [0.717, 1.165) is 18.3 Å². The fourth-order valence-electron chi connectivity index (χ4n) is 3.62. The predicted octanol–water partition coefficient (Wildman–Crippen LogP) is 2.96. The van der Waals surface area contributed by atoms with E-state index in [2.05, 4.69) is 58.6 Å². The molecule has 1 saturated heterocycles. The zero-order chi connectivity index (χ0) is 19.6. The molecule has 2 N–H and O–H groups in total. The van der Waals surface area contributed by atoms with Gasteiger partial charge in [-0.2, -0.15) is 0 Å². The summed E-state index contributed by atoms with van der Waals surface area (Å²) in [6.07, 6.45) is 3.59. The monoisotopic (exact) mass is 503 g/mol. The molecule has 160 valence electrons. The molecule has 1 aromatic carbocycles. The lowest BCUT2D eigenvalue weighted by Gasteiger charge is -2.33. The molecule has 0 radical (unpaired) electrons. The van der Waals surface area contributed by atoms with Gasteiger partial charge in [0.1, 0.15) is 5.75 Å². The average Bonchev–Trinajstić information content (AvgIpc) is 2.69. The van der Waals surface area contributed by atoms with Gasteiger partial charge in [0, 0.05) is 32.7 Å². The molecule has 1 aromatic rings. The van der Waals surface area contributed by atoms with Crippen LogP contribution >= 0.6 is 24.0 Å². The van der Waals surface area contributed by atoms with E-state index in [9.17, 15) is 0 Å². The molecule has 1 fully saturated rings. The van der Waals surface area contributed by atoms with Crippen molar-refractivity contribution in [3.8, 4) is 5.75 Å². The van der Waals surface area contributed by atoms with Gasteiger partial charge in [0.05, 0.1) is 13.2 Å². The quantitative estimate of drug-likeness (QED) is 0.325. The second-order valence-electron chi connectivity index (χ2n) is 7.47. The summed E-state index contributed by atoms with van der Waals surface area (Å²) < 4.78 is 5.27. The van der Waals surface area contributed by atoms with Crippen LogP contribution in [0.1, 0.15) is 37.8 Å². The van der Waals surface area contributed by atoms with Crippen molar-refractivity contribution in [2.24, 2.45) is 4.99 Å². The highest BCUT2D eigenvalue weighted by atomic mass is 127. The van der Waals surface area contributed by atoms with Crippen molar-refractivity contribution in [2.75, 3.05) is 54.4 Å². The van der Waals surface area contributed by atoms with Crippen molar-refractivity contribution in [3.63, 3.8) is 0 Å². The fourth-order valence-corrected chi connectivity index (χ4v) is 3.62. The van der Waals surface area contributed by atoms with Crippen LogP contribution in [0.5, 0.6) is 5.75 Å². The zero-order valence-electron chi connectivity index (χ0n) is 18.1. The molecule has 0 saturated carbocycles. The van der Waals surface area contributed by atoms with E-state index < -0.39 is 0 Å². The van der Waals surface area contributed by atoms with Crippen LogP contribution in [-0.4, -0.2) is 76.2 Å². The van der Waals surface area contributed by atoms with Crippen LogP contribution < -0.4 is 15.4 Å². The van der Waals surface area contributed by atoms with E-state index in [-0.39, 0.29) is 30.0 Å². The van der Waals surface area contributed by atoms with Gasteiger partial charge in [0.15, 0.2) is 5.96 Å². The molecule has 7 heteroatoms. The minimum absolute atomic E-state index is 0. The second kappa shape index (κ2) is 13.2. The molecule has 0 bridgehead atoms. The highest BCUT2D eigenvalue weighted by Gasteiger charge is 2.20. The van der Waals surface area contributed by atoms with Crippen LogP contribution in [-0.2, 0) is 0 Å². The molecule has 1 aliphatic rings. The van der Waals surface area contributed by atoms with E-state index in [1.165, 1.54) is 44.5 Å². The van der Waals surface area contributed by atoms with Crippen LogP contribution in [0.4, 0.5) is 0 Å². The molecule has 0 spiro atoms. The first kappa shape index (κ1) is 25.0. The van der Waals surface area contributed by atoms with Crippen LogP contribution in [0, 0.1) is 0 Å². The zero-order valence-corrected chi connectivity index (χ0v) is 20.4. The van der Waals surface area contributed by atoms with Gasteiger partial charge in [-0.1, -0.05) is 19.1 Å².